The Labute approximate surface area is 194 Å². The maximum Gasteiger partial charge on any atom is 0.153 e. The van der Waals surface area contributed by atoms with Crippen LogP contribution in [-0.2, 0) is 13.2 Å². The summed E-state index contributed by atoms with van der Waals surface area (Å²) in [6.07, 6.45) is 2.21. The first-order valence-electron chi connectivity index (χ1n) is 8.34. The summed E-state index contributed by atoms with van der Waals surface area (Å²) in [6.45, 7) is 0.467. The van der Waals surface area contributed by atoms with Crippen LogP contribution in [0.3, 0.4) is 0 Å². The van der Waals surface area contributed by atoms with Gasteiger partial charge in [0, 0.05) is 25.9 Å². The molecule has 0 aliphatic carbocycles. The third kappa shape index (κ3) is 5.47. The Hall–Kier alpha value is -2.15. The van der Waals surface area contributed by atoms with Crippen LogP contribution < -0.4 is 9.47 Å². The fraction of sp³-hybridized carbons (Fsp3) is 0.0952. The number of carbonyl (C=O) groups excluding carboxylic acids is 1. The van der Waals surface area contributed by atoms with Crippen molar-refractivity contribution < 1.29 is 14.3 Å². The molecule has 8 heteroatoms. The first kappa shape index (κ1) is 21.6. The molecule has 0 amide bonds. The SMILES string of the molecule is N#Cc1cc(COc2cc(OCc3cccc(I)c3Br)c(Cl)cc2C=O)ccn1. The molecular weight excluding hydrogens is 571 g/mol. The largest absolute Gasteiger partial charge is 0.488 e. The van der Waals surface area contributed by atoms with Crippen molar-refractivity contribution in [2.24, 2.45) is 0 Å². The van der Waals surface area contributed by atoms with Gasteiger partial charge in [0.1, 0.15) is 36.5 Å². The lowest BCUT2D eigenvalue weighted by atomic mass is 10.2. The van der Waals surface area contributed by atoms with Crippen molar-refractivity contribution in [1.82, 2.24) is 4.98 Å². The van der Waals surface area contributed by atoms with Crippen LogP contribution >= 0.6 is 50.1 Å². The van der Waals surface area contributed by atoms with Crippen molar-refractivity contribution in [3.05, 3.63) is 84.1 Å². The van der Waals surface area contributed by atoms with E-state index in [2.05, 4.69) is 43.5 Å². The van der Waals surface area contributed by atoms with Crippen molar-refractivity contribution in [2.45, 2.75) is 13.2 Å². The monoisotopic (exact) mass is 582 g/mol. The summed E-state index contributed by atoms with van der Waals surface area (Å²) in [6, 6.07) is 14.3. The summed E-state index contributed by atoms with van der Waals surface area (Å²) < 4.78 is 13.7. The maximum absolute atomic E-state index is 11.4. The van der Waals surface area contributed by atoms with Crippen LogP contribution in [0.15, 0.2) is 53.1 Å². The van der Waals surface area contributed by atoms with E-state index in [0.29, 0.717) is 40.7 Å². The second-order valence-corrected chi connectivity index (χ2v) is 8.25. The predicted molar refractivity (Wildman–Crippen MR) is 121 cm³/mol. The smallest absolute Gasteiger partial charge is 0.153 e. The van der Waals surface area contributed by atoms with Crippen molar-refractivity contribution >= 4 is 56.4 Å². The van der Waals surface area contributed by atoms with Crippen molar-refractivity contribution in [1.29, 1.82) is 5.26 Å². The molecule has 29 heavy (non-hydrogen) atoms. The van der Waals surface area contributed by atoms with E-state index < -0.39 is 0 Å². The second-order valence-electron chi connectivity index (χ2n) is 5.89. The highest BCUT2D eigenvalue weighted by molar-refractivity contribution is 14.1. The summed E-state index contributed by atoms with van der Waals surface area (Å²) in [5.74, 6) is 0.752. The van der Waals surface area contributed by atoms with E-state index in [0.717, 1.165) is 19.2 Å². The highest BCUT2D eigenvalue weighted by Gasteiger charge is 2.13. The number of pyridine rings is 1. The molecular formula is C21H13BrClIN2O3. The first-order chi connectivity index (χ1) is 14.0. The number of ether oxygens (including phenoxy) is 2. The molecule has 3 aromatic rings. The maximum atomic E-state index is 11.4. The van der Waals surface area contributed by atoms with Crippen LogP contribution in [-0.4, -0.2) is 11.3 Å². The van der Waals surface area contributed by atoms with Crippen LogP contribution in [0.2, 0.25) is 5.02 Å². The Morgan fingerprint density at radius 3 is 2.72 bits per heavy atom. The van der Waals surface area contributed by atoms with Gasteiger partial charge < -0.3 is 9.47 Å². The number of nitriles is 1. The fourth-order valence-corrected chi connectivity index (χ4v) is 3.64. The molecule has 1 heterocycles. The zero-order valence-electron chi connectivity index (χ0n) is 14.9. The number of halogens is 3. The van der Waals surface area contributed by atoms with E-state index >= 15 is 0 Å². The lowest BCUT2D eigenvalue weighted by Crippen LogP contribution is -2.02. The van der Waals surface area contributed by atoms with Crippen molar-refractivity contribution in [3.8, 4) is 17.6 Å². The average Bonchev–Trinajstić information content (AvgIpc) is 2.74. The molecule has 0 saturated carbocycles. The topological polar surface area (TPSA) is 72.2 Å². The summed E-state index contributed by atoms with van der Waals surface area (Å²) >= 11 is 12.1. The van der Waals surface area contributed by atoms with Gasteiger partial charge in [0.05, 0.1) is 10.6 Å². The second kappa shape index (κ2) is 10.1. The number of hydrogen-bond donors (Lipinski definition) is 0. The Bertz CT molecular complexity index is 1100. The highest BCUT2D eigenvalue weighted by atomic mass is 127. The van der Waals surface area contributed by atoms with Gasteiger partial charge in [-0.3, -0.25) is 4.79 Å². The van der Waals surface area contributed by atoms with Gasteiger partial charge in [-0.25, -0.2) is 4.98 Å². The highest BCUT2D eigenvalue weighted by Crippen LogP contribution is 2.34. The zero-order chi connectivity index (χ0) is 20.8. The van der Waals surface area contributed by atoms with Crippen LogP contribution in [0, 0.1) is 14.9 Å². The number of aldehydes is 1. The minimum Gasteiger partial charge on any atom is -0.488 e. The Balaban J connectivity index is 1.79. The Kier molecular flexibility index (Phi) is 7.47. The van der Waals surface area contributed by atoms with E-state index in [9.17, 15) is 4.79 Å². The summed E-state index contributed by atoms with van der Waals surface area (Å²) in [7, 11) is 0. The van der Waals surface area contributed by atoms with E-state index in [1.807, 2.05) is 24.3 Å². The Morgan fingerprint density at radius 2 is 1.97 bits per heavy atom. The normalized spacial score (nSPS) is 10.3. The molecule has 146 valence electrons. The third-order valence-electron chi connectivity index (χ3n) is 3.94. The number of hydrogen-bond acceptors (Lipinski definition) is 5. The molecule has 0 aliphatic rings. The molecule has 0 N–H and O–H groups in total. The van der Waals surface area contributed by atoms with Crippen LogP contribution in [0.1, 0.15) is 27.2 Å². The lowest BCUT2D eigenvalue weighted by Gasteiger charge is -2.14. The number of nitrogens with zero attached hydrogens (tertiary/aromatic N) is 2. The number of carbonyl (C=O) groups is 1. The van der Waals surface area contributed by atoms with E-state index in [4.69, 9.17) is 26.3 Å². The lowest BCUT2D eigenvalue weighted by molar-refractivity contribution is 0.111. The molecule has 0 unspecified atom stereocenters. The van der Waals surface area contributed by atoms with Gasteiger partial charge >= 0.3 is 0 Å². The van der Waals surface area contributed by atoms with Crippen molar-refractivity contribution in [2.75, 3.05) is 0 Å². The predicted octanol–water partition coefficient (Wildman–Crippen LogP) is 5.94. The molecule has 0 saturated heterocycles. The van der Waals surface area contributed by atoms with Crippen LogP contribution in [0.4, 0.5) is 0 Å². The van der Waals surface area contributed by atoms with Gasteiger partial charge in [-0.2, -0.15) is 5.26 Å². The van der Waals surface area contributed by atoms with Gasteiger partial charge in [0.15, 0.2) is 6.29 Å². The van der Waals surface area contributed by atoms with Gasteiger partial charge in [0.25, 0.3) is 0 Å². The first-order valence-corrected chi connectivity index (χ1v) is 10.6. The van der Waals surface area contributed by atoms with Gasteiger partial charge in [0.2, 0.25) is 0 Å². The molecule has 2 aromatic carbocycles. The fourth-order valence-electron chi connectivity index (χ4n) is 2.48. The molecule has 0 aliphatic heterocycles. The number of aromatic nitrogens is 1. The number of rotatable bonds is 7. The number of benzene rings is 2. The molecule has 0 spiro atoms. The quantitative estimate of drug-likeness (QED) is 0.254. The molecule has 0 atom stereocenters. The molecule has 1 aromatic heterocycles. The van der Waals surface area contributed by atoms with Gasteiger partial charge in [-0.15, -0.1) is 0 Å². The molecule has 0 fully saturated rings. The summed E-state index contributed by atoms with van der Waals surface area (Å²) in [4.78, 5) is 15.3. The molecule has 5 nitrogen and oxygen atoms in total. The van der Waals surface area contributed by atoms with Gasteiger partial charge in [-0.05, 0) is 68.3 Å². The summed E-state index contributed by atoms with van der Waals surface area (Å²) in [5.41, 5.74) is 2.33. The van der Waals surface area contributed by atoms with Crippen molar-refractivity contribution in [3.63, 3.8) is 0 Å². The zero-order valence-corrected chi connectivity index (χ0v) is 19.4. The van der Waals surface area contributed by atoms with Gasteiger partial charge in [-0.1, -0.05) is 23.7 Å². The Morgan fingerprint density at radius 1 is 1.17 bits per heavy atom. The molecule has 3 rings (SSSR count). The standard InChI is InChI=1S/C21H13BrClIN2O3/c22-21-14(2-1-3-18(21)24)12-29-20-8-19(15(10-27)7-17(20)23)28-11-13-4-5-26-16(6-13)9-25/h1-8,10H,11-12H2. The molecule has 0 bridgehead atoms. The van der Waals surface area contributed by atoms with E-state index in [1.54, 1.807) is 18.2 Å². The molecule has 0 radical (unpaired) electrons. The van der Waals surface area contributed by atoms with Crippen LogP contribution in [0.5, 0.6) is 11.5 Å². The minimum absolute atomic E-state index is 0.168. The van der Waals surface area contributed by atoms with E-state index in [1.165, 1.54) is 12.3 Å². The average molecular weight is 584 g/mol. The van der Waals surface area contributed by atoms with E-state index in [-0.39, 0.29) is 6.61 Å². The third-order valence-corrected chi connectivity index (χ3v) is 6.81. The minimum atomic E-state index is 0.168. The van der Waals surface area contributed by atoms with Crippen LogP contribution in [0.25, 0.3) is 0 Å². The summed E-state index contributed by atoms with van der Waals surface area (Å²) in [5, 5.41) is 9.27.